The summed E-state index contributed by atoms with van der Waals surface area (Å²) in [7, 11) is 0. The Bertz CT molecular complexity index is 990. The topological polar surface area (TPSA) is 41.1 Å². The summed E-state index contributed by atoms with van der Waals surface area (Å²) in [4.78, 5) is 12.2. The molecule has 1 aromatic carbocycles. The van der Waals surface area contributed by atoms with Gasteiger partial charge in [-0.2, -0.15) is 11.3 Å². The molecule has 1 atom stereocenters. The fourth-order valence-electron chi connectivity index (χ4n) is 4.95. The van der Waals surface area contributed by atoms with Crippen LogP contribution >= 0.6 is 11.3 Å². The van der Waals surface area contributed by atoms with Crippen LogP contribution in [-0.4, -0.2) is 35.1 Å². The predicted molar refractivity (Wildman–Crippen MR) is 122 cm³/mol. The van der Waals surface area contributed by atoms with E-state index in [2.05, 4.69) is 53.0 Å². The van der Waals surface area contributed by atoms with E-state index in [9.17, 15) is 0 Å². The van der Waals surface area contributed by atoms with Gasteiger partial charge in [-0.15, -0.1) is 0 Å². The van der Waals surface area contributed by atoms with Crippen LogP contribution in [0.1, 0.15) is 48.6 Å². The fourth-order valence-corrected chi connectivity index (χ4v) is 5.63. The Kier molecular flexibility index (Phi) is 5.27. The normalized spacial score (nSPS) is 18.3. The first-order valence-corrected chi connectivity index (χ1v) is 11.9. The highest BCUT2D eigenvalue weighted by molar-refractivity contribution is 7.07. The monoisotopic (exact) mass is 406 g/mol. The fraction of sp³-hybridized carbons (Fsp3) is 0.500. The Morgan fingerprint density at radius 2 is 1.97 bits per heavy atom. The zero-order valence-electron chi connectivity index (χ0n) is 17.4. The quantitative estimate of drug-likeness (QED) is 0.668. The number of aryl methyl sites for hydroxylation is 3. The number of fused-ring (bicyclic) bond motifs is 2. The molecule has 0 spiro atoms. The van der Waals surface area contributed by atoms with Crippen molar-refractivity contribution in [2.45, 2.75) is 64.5 Å². The zero-order chi connectivity index (χ0) is 19.8. The molecule has 2 aromatic heterocycles. The molecule has 1 aliphatic carbocycles. The smallest absolute Gasteiger partial charge is 0.226 e. The van der Waals surface area contributed by atoms with Gasteiger partial charge in [-0.1, -0.05) is 0 Å². The maximum Gasteiger partial charge on any atom is 0.226 e. The van der Waals surface area contributed by atoms with Gasteiger partial charge in [-0.05, 0) is 98.0 Å². The Morgan fingerprint density at radius 3 is 2.72 bits per heavy atom. The minimum atomic E-state index is 0.516. The molecule has 1 saturated heterocycles. The molecule has 5 rings (SSSR count). The first-order valence-electron chi connectivity index (χ1n) is 11.0. The molecule has 0 bridgehead atoms. The highest BCUT2D eigenvalue weighted by Crippen LogP contribution is 2.29. The predicted octanol–water partition coefficient (Wildman–Crippen LogP) is 4.68. The highest BCUT2D eigenvalue weighted by Gasteiger charge is 2.23. The number of thiophene rings is 1. The third-order valence-electron chi connectivity index (χ3n) is 6.51. The van der Waals surface area contributed by atoms with Crippen molar-refractivity contribution in [1.29, 1.82) is 0 Å². The highest BCUT2D eigenvalue weighted by atomic mass is 32.1. The van der Waals surface area contributed by atoms with E-state index in [4.69, 9.17) is 9.97 Å². The summed E-state index contributed by atoms with van der Waals surface area (Å²) in [6.45, 7) is 6.49. The second-order valence-corrected chi connectivity index (χ2v) is 9.55. The van der Waals surface area contributed by atoms with Gasteiger partial charge in [0, 0.05) is 30.6 Å². The van der Waals surface area contributed by atoms with Crippen LogP contribution in [0.3, 0.4) is 0 Å². The van der Waals surface area contributed by atoms with E-state index >= 15 is 0 Å². The van der Waals surface area contributed by atoms with Crippen molar-refractivity contribution in [3.05, 3.63) is 51.3 Å². The van der Waals surface area contributed by atoms with Crippen molar-refractivity contribution in [1.82, 2.24) is 15.3 Å². The number of hydrogen-bond acceptors (Lipinski definition) is 5. The molecule has 0 radical (unpaired) electrons. The molecule has 2 aliphatic rings. The lowest BCUT2D eigenvalue weighted by molar-refractivity contribution is 0.373. The largest absolute Gasteiger partial charge is 0.341 e. The molecule has 5 heteroatoms. The van der Waals surface area contributed by atoms with Gasteiger partial charge in [-0.25, -0.2) is 9.97 Å². The van der Waals surface area contributed by atoms with E-state index in [1.807, 2.05) is 0 Å². The maximum absolute atomic E-state index is 4.97. The van der Waals surface area contributed by atoms with Crippen molar-refractivity contribution in [3.8, 4) is 0 Å². The van der Waals surface area contributed by atoms with E-state index in [0.717, 1.165) is 49.5 Å². The molecule has 29 heavy (non-hydrogen) atoms. The number of rotatable bonds is 5. The van der Waals surface area contributed by atoms with Gasteiger partial charge < -0.3 is 10.2 Å². The van der Waals surface area contributed by atoms with Gasteiger partial charge in [0.25, 0.3) is 0 Å². The van der Waals surface area contributed by atoms with Gasteiger partial charge in [0.05, 0.1) is 11.2 Å². The summed E-state index contributed by atoms with van der Waals surface area (Å²) < 4.78 is 0. The third-order valence-corrected chi connectivity index (χ3v) is 7.24. The Hall–Kier alpha value is -1.98. The zero-order valence-corrected chi connectivity index (χ0v) is 18.3. The van der Waals surface area contributed by atoms with Crippen molar-refractivity contribution in [3.63, 3.8) is 0 Å². The SMILES string of the molecule is Cc1nc(N2CCC(NC(C)Cc3ccsc3)CC2)nc2cc3c(cc12)CCC3. The van der Waals surface area contributed by atoms with E-state index in [0.29, 0.717) is 12.1 Å². The maximum atomic E-state index is 4.97. The van der Waals surface area contributed by atoms with Crippen LogP contribution in [0.2, 0.25) is 0 Å². The van der Waals surface area contributed by atoms with Crippen LogP contribution in [0.4, 0.5) is 5.95 Å². The van der Waals surface area contributed by atoms with E-state index < -0.39 is 0 Å². The summed E-state index contributed by atoms with van der Waals surface area (Å²) in [6.07, 6.45) is 7.09. The lowest BCUT2D eigenvalue weighted by Gasteiger charge is -2.34. The first-order chi connectivity index (χ1) is 14.2. The second kappa shape index (κ2) is 8.04. The van der Waals surface area contributed by atoms with E-state index in [1.54, 1.807) is 11.3 Å². The Morgan fingerprint density at radius 1 is 1.17 bits per heavy atom. The molecule has 3 aromatic rings. The van der Waals surface area contributed by atoms with Crippen molar-refractivity contribution < 1.29 is 0 Å². The minimum absolute atomic E-state index is 0.516. The molecule has 1 fully saturated rings. The minimum Gasteiger partial charge on any atom is -0.341 e. The average molecular weight is 407 g/mol. The molecule has 152 valence electrons. The standard InChI is InChI=1S/C24H30N4S/c1-16(12-18-8-11-29-15-18)25-21-6-9-28(10-7-21)24-26-17(2)22-13-19-4-3-5-20(19)14-23(22)27-24/h8,11,13-16,21,25H,3-7,9-10,12H2,1-2H3. The summed E-state index contributed by atoms with van der Waals surface area (Å²) in [5.41, 5.74) is 6.67. The molecule has 4 nitrogen and oxygen atoms in total. The molecule has 1 unspecified atom stereocenters. The van der Waals surface area contributed by atoms with Crippen LogP contribution in [0.25, 0.3) is 10.9 Å². The first kappa shape index (κ1) is 19.0. The van der Waals surface area contributed by atoms with Crippen LogP contribution in [0.15, 0.2) is 29.0 Å². The average Bonchev–Trinajstić information content (AvgIpc) is 3.38. The summed E-state index contributed by atoms with van der Waals surface area (Å²) in [6, 6.07) is 7.99. The van der Waals surface area contributed by atoms with Gasteiger partial charge >= 0.3 is 0 Å². The Balaban J connectivity index is 1.24. The van der Waals surface area contributed by atoms with Gasteiger partial charge in [0.2, 0.25) is 5.95 Å². The van der Waals surface area contributed by atoms with Crippen molar-refractivity contribution in [2.75, 3.05) is 18.0 Å². The summed E-state index contributed by atoms with van der Waals surface area (Å²) >= 11 is 1.79. The van der Waals surface area contributed by atoms with Gasteiger partial charge in [0.15, 0.2) is 0 Å². The third kappa shape index (κ3) is 4.03. The number of aromatic nitrogens is 2. The number of nitrogens with zero attached hydrogens (tertiary/aromatic N) is 3. The molecule has 1 aliphatic heterocycles. The van der Waals surface area contributed by atoms with Crippen molar-refractivity contribution >= 4 is 28.2 Å². The molecule has 0 saturated carbocycles. The molecule has 3 heterocycles. The summed E-state index contributed by atoms with van der Waals surface area (Å²) in [5.74, 6) is 0.915. The lowest BCUT2D eigenvalue weighted by Crippen LogP contribution is -2.46. The summed E-state index contributed by atoms with van der Waals surface area (Å²) in [5, 5.41) is 9.49. The number of benzene rings is 1. The molecule has 1 N–H and O–H groups in total. The number of nitrogens with one attached hydrogen (secondary N) is 1. The van der Waals surface area contributed by atoms with Crippen LogP contribution in [0, 0.1) is 6.92 Å². The number of piperidine rings is 1. The van der Waals surface area contributed by atoms with Gasteiger partial charge in [0.1, 0.15) is 0 Å². The van der Waals surface area contributed by atoms with Crippen LogP contribution in [-0.2, 0) is 19.3 Å². The Labute approximate surface area is 177 Å². The lowest BCUT2D eigenvalue weighted by atomic mass is 10.0. The molecule has 0 amide bonds. The molecular formula is C24H30N4S. The second-order valence-electron chi connectivity index (χ2n) is 8.77. The van der Waals surface area contributed by atoms with E-state index in [-0.39, 0.29) is 0 Å². The number of hydrogen-bond donors (Lipinski definition) is 1. The van der Waals surface area contributed by atoms with Crippen LogP contribution < -0.4 is 10.2 Å². The van der Waals surface area contributed by atoms with Crippen LogP contribution in [0.5, 0.6) is 0 Å². The van der Waals surface area contributed by atoms with E-state index in [1.165, 1.54) is 41.3 Å². The number of anilines is 1. The van der Waals surface area contributed by atoms with Crippen molar-refractivity contribution in [2.24, 2.45) is 0 Å². The molecular weight excluding hydrogens is 376 g/mol. The van der Waals surface area contributed by atoms with Gasteiger partial charge in [-0.3, -0.25) is 0 Å².